The van der Waals surface area contributed by atoms with E-state index in [0.29, 0.717) is 24.9 Å². The Kier molecular flexibility index (Phi) is 7.23. The molecule has 0 spiro atoms. The lowest BCUT2D eigenvalue weighted by atomic mass is 9.96. The molecule has 2 N–H and O–H groups in total. The van der Waals surface area contributed by atoms with Crippen molar-refractivity contribution in [1.29, 1.82) is 0 Å². The first-order chi connectivity index (χ1) is 13.5. The third-order valence-electron chi connectivity index (χ3n) is 5.46. The van der Waals surface area contributed by atoms with Crippen molar-refractivity contribution < 1.29 is 18.4 Å². The van der Waals surface area contributed by atoms with Crippen LogP contribution in [0.3, 0.4) is 0 Å². The second-order valence-electron chi connectivity index (χ2n) is 7.83. The molecule has 28 heavy (non-hydrogen) atoms. The number of nitrogens with one attached hydrogen (secondary N) is 2. The van der Waals surface area contributed by atoms with Gasteiger partial charge in [0.05, 0.1) is 0 Å². The van der Waals surface area contributed by atoms with Gasteiger partial charge in [-0.2, -0.15) is 0 Å². The van der Waals surface area contributed by atoms with Crippen LogP contribution >= 0.6 is 0 Å². The number of amides is 3. The fourth-order valence-corrected chi connectivity index (χ4v) is 3.71. The van der Waals surface area contributed by atoms with E-state index in [1.54, 1.807) is 4.90 Å². The Hall–Kier alpha value is -2.18. The summed E-state index contributed by atoms with van der Waals surface area (Å²) in [6.07, 6.45) is 8.27. The Balaban J connectivity index is 1.40. The van der Waals surface area contributed by atoms with Crippen LogP contribution in [0.1, 0.15) is 63.4 Å². The monoisotopic (exact) mass is 393 g/mol. The highest BCUT2D eigenvalue weighted by Gasteiger charge is 2.32. The third kappa shape index (κ3) is 6.17. The highest BCUT2D eigenvalue weighted by Crippen LogP contribution is 2.29. The molecule has 0 aromatic heterocycles. The van der Waals surface area contributed by atoms with Gasteiger partial charge in [0.25, 0.3) is 0 Å². The van der Waals surface area contributed by atoms with Gasteiger partial charge < -0.3 is 15.5 Å². The minimum Gasteiger partial charge on any atom is -0.338 e. The molecule has 7 heteroatoms. The molecular weight excluding hydrogens is 364 g/mol. The fraction of sp³-hybridized carbons (Fsp3) is 0.619. The van der Waals surface area contributed by atoms with Gasteiger partial charge in [-0.1, -0.05) is 25.3 Å². The topological polar surface area (TPSA) is 61.4 Å². The molecule has 0 bridgehead atoms. The van der Waals surface area contributed by atoms with Crippen molar-refractivity contribution >= 4 is 11.9 Å². The number of benzene rings is 1. The lowest BCUT2D eigenvalue weighted by Crippen LogP contribution is -2.43. The smallest absolute Gasteiger partial charge is 0.315 e. The first-order valence-electron chi connectivity index (χ1n) is 10.3. The first-order valence-corrected chi connectivity index (χ1v) is 10.3. The Morgan fingerprint density at radius 3 is 2.50 bits per heavy atom. The standard InChI is InChI=1S/C21H29F2N3O2/c22-16-9-8-15(19(23)13-16)14-26(18-10-11-18)20(27)7-4-12-24-21(28)25-17-5-2-1-3-6-17/h8-9,13,17-18H,1-7,10-12,14H2,(H2,24,25,28). The van der Waals surface area contributed by atoms with Gasteiger partial charge in [0.2, 0.25) is 5.91 Å². The Morgan fingerprint density at radius 1 is 1.07 bits per heavy atom. The minimum atomic E-state index is -0.625. The molecular formula is C21H29F2N3O2. The summed E-state index contributed by atoms with van der Waals surface area (Å²) in [4.78, 5) is 26.2. The van der Waals surface area contributed by atoms with Gasteiger partial charge in [-0.3, -0.25) is 4.79 Å². The molecule has 1 aromatic carbocycles. The summed E-state index contributed by atoms with van der Waals surface area (Å²) in [6, 6.07) is 3.67. The van der Waals surface area contributed by atoms with E-state index in [4.69, 9.17) is 0 Å². The van der Waals surface area contributed by atoms with Crippen LogP contribution in [-0.2, 0) is 11.3 Å². The van der Waals surface area contributed by atoms with Gasteiger partial charge in [-0.05, 0) is 38.2 Å². The highest BCUT2D eigenvalue weighted by atomic mass is 19.1. The van der Waals surface area contributed by atoms with Crippen LogP contribution in [0.2, 0.25) is 0 Å². The normalized spacial score (nSPS) is 17.2. The summed E-state index contributed by atoms with van der Waals surface area (Å²) in [6.45, 7) is 0.582. The molecule has 0 atom stereocenters. The van der Waals surface area contributed by atoms with Gasteiger partial charge in [0.1, 0.15) is 11.6 Å². The summed E-state index contributed by atoms with van der Waals surface area (Å²) in [7, 11) is 0. The molecule has 2 aliphatic carbocycles. The van der Waals surface area contributed by atoms with Crippen molar-refractivity contribution in [2.24, 2.45) is 0 Å². The summed E-state index contributed by atoms with van der Waals surface area (Å²) >= 11 is 0. The van der Waals surface area contributed by atoms with E-state index in [-0.39, 0.29) is 30.6 Å². The van der Waals surface area contributed by atoms with Crippen molar-refractivity contribution in [2.45, 2.75) is 76.4 Å². The summed E-state index contributed by atoms with van der Waals surface area (Å²) < 4.78 is 27.0. The van der Waals surface area contributed by atoms with E-state index >= 15 is 0 Å². The van der Waals surface area contributed by atoms with Crippen molar-refractivity contribution in [2.75, 3.05) is 6.54 Å². The number of carbonyl (C=O) groups excluding carboxylic acids is 2. The minimum absolute atomic E-state index is 0.0549. The number of halogens is 2. The molecule has 154 valence electrons. The molecule has 0 unspecified atom stereocenters. The number of nitrogens with zero attached hydrogens (tertiary/aromatic N) is 1. The molecule has 0 saturated heterocycles. The molecule has 2 aliphatic rings. The molecule has 0 aliphatic heterocycles. The fourth-order valence-electron chi connectivity index (χ4n) is 3.71. The molecule has 2 fully saturated rings. The van der Waals surface area contributed by atoms with E-state index in [9.17, 15) is 18.4 Å². The van der Waals surface area contributed by atoms with Crippen LogP contribution in [0, 0.1) is 11.6 Å². The Bertz CT molecular complexity index is 688. The maximum atomic E-state index is 13.9. The summed E-state index contributed by atoms with van der Waals surface area (Å²) in [5.41, 5.74) is 0.326. The maximum Gasteiger partial charge on any atom is 0.315 e. The van der Waals surface area contributed by atoms with Gasteiger partial charge >= 0.3 is 6.03 Å². The third-order valence-corrected chi connectivity index (χ3v) is 5.46. The van der Waals surface area contributed by atoms with E-state index in [2.05, 4.69) is 10.6 Å². The second-order valence-corrected chi connectivity index (χ2v) is 7.83. The van der Waals surface area contributed by atoms with Gasteiger partial charge in [-0.15, -0.1) is 0 Å². The van der Waals surface area contributed by atoms with E-state index in [0.717, 1.165) is 44.6 Å². The van der Waals surface area contributed by atoms with E-state index in [1.807, 2.05) is 0 Å². The number of carbonyl (C=O) groups is 2. The molecule has 5 nitrogen and oxygen atoms in total. The van der Waals surface area contributed by atoms with Crippen LogP contribution in [0.15, 0.2) is 18.2 Å². The molecule has 0 heterocycles. The lowest BCUT2D eigenvalue weighted by Gasteiger charge is -2.24. The first kappa shape index (κ1) is 20.6. The number of hydrogen-bond acceptors (Lipinski definition) is 2. The SMILES string of the molecule is O=C(NCCCC(=O)N(Cc1ccc(F)cc1F)C1CC1)NC1CCCCC1. The van der Waals surface area contributed by atoms with Crippen LogP contribution in [0.25, 0.3) is 0 Å². The van der Waals surface area contributed by atoms with Crippen LogP contribution < -0.4 is 10.6 Å². The van der Waals surface area contributed by atoms with Crippen molar-refractivity contribution in [3.63, 3.8) is 0 Å². The molecule has 0 radical (unpaired) electrons. The van der Waals surface area contributed by atoms with Gasteiger partial charge in [-0.25, -0.2) is 13.6 Å². The summed E-state index contributed by atoms with van der Waals surface area (Å²) in [5.74, 6) is -1.30. The summed E-state index contributed by atoms with van der Waals surface area (Å²) in [5, 5.41) is 5.80. The maximum absolute atomic E-state index is 13.9. The van der Waals surface area contributed by atoms with Gasteiger partial charge in [0, 0.05) is 43.2 Å². The van der Waals surface area contributed by atoms with E-state index in [1.165, 1.54) is 18.6 Å². The lowest BCUT2D eigenvalue weighted by molar-refractivity contribution is -0.132. The zero-order valence-corrected chi connectivity index (χ0v) is 16.2. The van der Waals surface area contributed by atoms with Crippen molar-refractivity contribution in [3.05, 3.63) is 35.4 Å². The van der Waals surface area contributed by atoms with Crippen LogP contribution in [-0.4, -0.2) is 35.5 Å². The van der Waals surface area contributed by atoms with Gasteiger partial charge in [0.15, 0.2) is 0 Å². The zero-order chi connectivity index (χ0) is 19.9. The number of urea groups is 1. The average molecular weight is 393 g/mol. The molecule has 2 saturated carbocycles. The largest absolute Gasteiger partial charge is 0.338 e. The van der Waals surface area contributed by atoms with Crippen LogP contribution in [0.5, 0.6) is 0 Å². The molecule has 3 rings (SSSR count). The number of hydrogen-bond donors (Lipinski definition) is 2. The number of rotatable bonds is 8. The van der Waals surface area contributed by atoms with Crippen molar-refractivity contribution in [1.82, 2.24) is 15.5 Å². The van der Waals surface area contributed by atoms with Crippen LogP contribution in [0.4, 0.5) is 13.6 Å². The predicted octanol–water partition coefficient (Wildman–Crippen LogP) is 3.87. The Morgan fingerprint density at radius 2 is 1.82 bits per heavy atom. The predicted molar refractivity (Wildman–Crippen MR) is 103 cm³/mol. The molecule has 3 amide bonds. The van der Waals surface area contributed by atoms with E-state index < -0.39 is 11.6 Å². The Labute approximate surface area is 164 Å². The zero-order valence-electron chi connectivity index (χ0n) is 16.2. The van der Waals surface area contributed by atoms with Crippen molar-refractivity contribution in [3.8, 4) is 0 Å². The highest BCUT2D eigenvalue weighted by molar-refractivity contribution is 5.77. The quantitative estimate of drug-likeness (QED) is 0.659. The molecule has 1 aromatic rings. The average Bonchev–Trinajstić information content (AvgIpc) is 3.50. The second kappa shape index (κ2) is 9.85.